The Balaban J connectivity index is 3.46. The van der Waals surface area contributed by atoms with Gasteiger partial charge in [-0.25, -0.2) is 13.8 Å². The third kappa shape index (κ3) is 2.25. The summed E-state index contributed by atoms with van der Waals surface area (Å²) in [6.07, 6.45) is -1.24. The normalized spacial score (nSPS) is 10.2. The molecule has 1 heterocycles. The van der Waals surface area contributed by atoms with Crippen LogP contribution in [0.4, 0.5) is 8.78 Å². The third-order valence-electron chi connectivity index (χ3n) is 1.35. The van der Waals surface area contributed by atoms with Gasteiger partial charge < -0.3 is 0 Å². The average molecular weight is 406 g/mol. The topological polar surface area (TPSA) is 36.7 Å². The van der Waals surface area contributed by atoms with Gasteiger partial charge in [-0.3, -0.25) is 0 Å². The van der Waals surface area contributed by atoms with E-state index < -0.39 is 6.43 Å². The maximum atomic E-state index is 12.5. The van der Waals surface area contributed by atoms with Crippen LogP contribution >= 0.6 is 45.2 Å². The van der Waals surface area contributed by atoms with Gasteiger partial charge >= 0.3 is 0 Å². The second kappa shape index (κ2) is 4.45. The minimum Gasteiger partial charge on any atom is -0.249 e. The zero-order chi connectivity index (χ0) is 10.0. The lowest BCUT2D eigenvalue weighted by molar-refractivity contribution is 0.149. The molecule has 0 bridgehead atoms. The van der Waals surface area contributed by atoms with Crippen LogP contribution in [0, 0.1) is 18.6 Å². The van der Waals surface area contributed by atoms with Gasteiger partial charge in [0.1, 0.15) is 9.77 Å². The van der Waals surface area contributed by atoms with Gasteiger partial charge in [0, 0.05) is 9.77 Å². The summed E-state index contributed by atoms with van der Waals surface area (Å²) in [5.74, 6) is 0. The molecule has 6 heteroatoms. The van der Waals surface area contributed by atoms with E-state index in [-0.39, 0.29) is 14.8 Å². The highest BCUT2D eigenvalue weighted by Gasteiger charge is 2.19. The van der Waals surface area contributed by atoms with Crippen LogP contribution in [0.5, 0.6) is 0 Å². The van der Waals surface area contributed by atoms with E-state index in [2.05, 4.69) is 4.98 Å². The van der Waals surface area contributed by atoms with Gasteiger partial charge in [0.05, 0.1) is 11.1 Å². The number of pyridine rings is 1. The Morgan fingerprint density at radius 3 is 2.46 bits per heavy atom. The van der Waals surface area contributed by atoms with Crippen molar-refractivity contribution in [3.8, 4) is 6.07 Å². The molecule has 1 aromatic rings. The van der Waals surface area contributed by atoms with Crippen molar-refractivity contribution in [2.24, 2.45) is 0 Å². The third-order valence-corrected chi connectivity index (χ3v) is 3.03. The summed E-state index contributed by atoms with van der Waals surface area (Å²) < 4.78 is 25.6. The lowest BCUT2D eigenvalue weighted by atomic mass is 10.2. The summed E-state index contributed by atoms with van der Waals surface area (Å²) in [4.78, 5) is 3.76. The Labute approximate surface area is 101 Å². The minimum absolute atomic E-state index is 0.0231. The molecule has 0 N–H and O–H groups in total. The van der Waals surface area contributed by atoms with E-state index >= 15 is 0 Å². The van der Waals surface area contributed by atoms with Gasteiger partial charge in [-0.15, -0.1) is 0 Å². The number of halogens is 4. The van der Waals surface area contributed by atoms with E-state index in [1.165, 1.54) is 6.20 Å². The highest BCUT2D eigenvalue weighted by Crippen LogP contribution is 2.28. The van der Waals surface area contributed by atoms with Gasteiger partial charge in [-0.1, -0.05) is 0 Å². The molecule has 0 unspecified atom stereocenters. The molecule has 0 aliphatic heterocycles. The number of hydrogen-bond acceptors (Lipinski definition) is 2. The van der Waals surface area contributed by atoms with Gasteiger partial charge in [-0.2, -0.15) is 5.26 Å². The van der Waals surface area contributed by atoms with Crippen molar-refractivity contribution >= 4 is 45.2 Å². The molecule has 0 saturated carbocycles. The first-order valence-corrected chi connectivity index (χ1v) is 5.25. The van der Waals surface area contributed by atoms with Crippen molar-refractivity contribution in [1.29, 1.82) is 5.26 Å². The van der Waals surface area contributed by atoms with Gasteiger partial charge in [0.25, 0.3) is 6.43 Å². The van der Waals surface area contributed by atoms with Crippen LogP contribution in [0.1, 0.15) is 17.6 Å². The summed E-state index contributed by atoms with van der Waals surface area (Å²) in [6, 6.07) is 1.75. The van der Waals surface area contributed by atoms with E-state index in [0.717, 1.165) is 0 Å². The van der Waals surface area contributed by atoms with E-state index in [4.69, 9.17) is 5.26 Å². The molecule has 0 aliphatic rings. The average Bonchev–Trinajstić information content (AvgIpc) is 2.07. The zero-order valence-corrected chi connectivity index (χ0v) is 10.4. The fourth-order valence-electron chi connectivity index (χ4n) is 0.792. The Morgan fingerprint density at radius 2 is 2.08 bits per heavy atom. The molecule has 0 saturated heterocycles. The molecule has 0 aliphatic carbocycles. The summed E-state index contributed by atoms with van der Waals surface area (Å²) in [6.45, 7) is 0. The van der Waals surface area contributed by atoms with Crippen molar-refractivity contribution in [3.63, 3.8) is 0 Å². The van der Waals surface area contributed by atoms with Gasteiger partial charge in [0.15, 0.2) is 0 Å². The van der Waals surface area contributed by atoms with Crippen LogP contribution < -0.4 is 0 Å². The van der Waals surface area contributed by atoms with E-state index in [1.54, 1.807) is 28.7 Å². The summed E-state index contributed by atoms with van der Waals surface area (Å²) in [5.41, 5.74) is -0.245. The molecular weight excluding hydrogens is 404 g/mol. The summed E-state index contributed by atoms with van der Waals surface area (Å²) in [5, 5.41) is 8.65. The quantitative estimate of drug-likeness (QED) is 0.531. The Hall–Kier alpha value is -0.0400. The van der Waals surface area contributed by atoms with Gasteiger partial charge in [-0.05, 0) is 45.2 Å². The standard InChI is InChI=1S/C7H2F2I2N2/c8-6(9)5-3(1-12)4(10)2-13-7(5)11/h2,6H. The first-order chi connectivity index (χ1) is 6.07. The van der Waals surface area contributed by atoms with Crippen molar-refractivity contribution < 1.29 is 8.78 Å². The van der Waals surface area contributed by atoms with E-state index in [1.807, 2.05) is 22.6 Å². The SMILES string of the molecule is N#Cc1c(I)cnc(I)c1C(F)F. The number of aromatic nitrogens is 1. The Bertz CT molecular complexity index is 373. The van der Waals surface area contributed by atoms with Crippen LogP contribution in [-0.2, 0) is 0 Å². The van der Waals surface area contributed by atoms with Gasteiger partial charge in [0.2, 0.25) is 0 Å². The summed E-state index contributed by atoms with van der Waals surface area (Å²) in [7, 11) is 0. The first-order valence-electron chi connectivity index (χ1n) is 3.10. The fraction of sp³-hybridized carbons (Fsp3) is 0.143. The molecule has 2 nitrogen and oxygen atoms in total. The maximum absolute atomic E-state index is 12.5. The van der Waals surface area contributed by atoms with Crippen LogP contribution in [-0.4, -0.2) is 4.98 Å². The fourth-order valence-corrected chi connectivity index (χ4v) is 1.99. The molecular formula is C7H2F2I2N2. The van der Waals surface area contributed by atoms with Crippen molar-refractivity contribution in [3.05, 3.63) is 24.6 Å². The maximum Gasteiger partial charge on any atom is 0.267 e. The number of nitrogens with zero attached hydrogens (tertiary/aromatic N) is 2. The lowest BCUT2D eigenvalue weighted by Crippen LogP contribution is -2.00. The van der Waals surface area contributed by atoms with Crippen molar-refractivity contribution in [2.75, 3.05) is 0 Å². The minimum atomic E-state index is -2.65. The number of hydrogen-bond donors (Lipinski definition) is 0. The lowest BCUT2D eigenvalue weighted by Gasteiger charge is -2.05. The highest BCUT2D eigenvalue weighted by atomic mass is 127. The molecule has 0 atom stereocenters. The van der Waals surface area contributed by atoms with E-state index in [9.17, 15) is 8.78 Å². The molecule has 1 rings (SSSR count). The largest absolute Gasteiger partial charge is 0.267 e. The Morgan fingerprint density at radius 1 is 1.46 bits per heavy atom. The van der Waals surface area contributed by atoms with Crippen molar-refractivity contribution in [1.82, 2.24) is 4.98 Å². The molecule has 0 radical (unpaired) electrons. The van der Waals surface area contributed by atoms with E-state index in [0.29, 0.717) is 3.57 Å². The monoisotopic (exact) mass is 406 g/mol. The second-order valence-electron chi connectivity index (χ2n) is 2.10. The highest BCUT2D eigenvalue weighted by molar-refractivity contribution is 14.1. The molecule has 1 aromatic heterocycles. The molecule has 13 heavy (non-hydrogen) atoms. The zero-order valence-electron chi connectivity index (χ0n) is 6.06. The van der Waals surface area contributed by atoms with Crippen LogP contribution in [0.2, 0.25) is 0 Å². The number of rotatable bonds is 1. The molecule has 68 valence electrons. The number of nitriles is 1. The molecule has 0 amide bonds. The van der Waals surface area contributed by atoms with Crippen LogP contribution in [0.15, 0.2) is 6.20 Å². The first kappa shape index (κ1) is 11.0. The molecule has 0 fully saturated rings. The predicted octanol–water partition coefficient (Wildman–Crippen LogP) is 3.10. The predicted molar refractivity (Wildman–Crippen MR) is 59.3 cm³/mol. The van der Waals surface area contributed by atoms with Crippen LogP contribution in [0.25, 0.3) is 0 Å². The Kier molecular flexibility index (Phi) is 3.78. The van der Waals surface area contributed by atoms with Crippen LogP contribution in [0.3, 0.4) is 0 Å². The number of alkyl halides is 2. The second-order valence-corrected chi connectivity index (χ2v) is 4.28. The summed E-state index contributed by atoms with van der Waals surface area (Å²) >= 11 is 3.51. The van der Waals surface area contributed by atoms with Crippen molar-refractivity contribution in [2.45, 2.75) is 6.43 Å². The molecule has 0 aromatic carbocycles. The molecule has 0 spiro atoms. The smallest absolute Gasteiger partial charge is 0.249 e.